The molecule has 5 heteroatoms. The van der Waals surface area contributed by atoms with Crippen LogP contribution in [0.15, 0.2) is 12.2 Å². The molecule has 1 amide bonds. The summed E-state index contributed by atoms with van der Waals surface area (Å²) < 4.78 is 5.10. The summed E-state index contributed by atoms with van der Waals surface area (Å²) in [5.41, 5.74) is -0.547. The summed E-state index contributed by atoms with van der Waals surface area (Å²) >= 11 is 0. The highest BCUT2D eigenvalue weighted by atomic mass is 16.6. The topological polar surface area (TPSA) is 75.6 Å². The maximum Gasteiger partial charge on any atom is 0.408 e. The van der Waals surface area contributed by atoms with E-state index in [4.69, 9.17) is 9.84 Å². The first-order valence-corrected chi connectivity index (χ1v) is 5.67. The van der Waals surface area contributed by atoms with E-state index in [1.807, 2.05) is 6.08 Å². The third-order valence-electron chi connectivity index (χ3n) is 2.38. The number of hydrogen-bond donors (Lipinski definition) is 2. The van der Waals surface area contributed by atoms with Crippen molar-refractivity contribution in [3.05, 3.63) is 12.2 Å². The van der Waals surface area contributed by atoms with Gasteiger partial charge in [0.2, 0.25) is 0 Å². The van der Waals surface area contributed by atoms with E-state index < -0.39 is 23.6 Å². The molecule has 0 fully saturated rings. The van der Waals surface area contributed by atoms with Crippen LogP contribution in [0.1, 0.15) is 33.6 Å². The van der Waals surface area contributed by atoms with Crippen LogP contribution >= 0.6 is 0 Å². The maximum atomic E-state index is 11.5. The van der Waals surface area contributed by atoms with Gasteiger partial charge in [-0.25, -0.2) is 4.79 Å². The second-order valence-electron chi connectivity index (χ2n) is 5.19. The summed E-state index contributed by atoms with van der Waals surface area (Å²) in [6.45, 7) is 5.34. The summed E-state index contributed by atoms with van der Waals surface area (Å²) in [6.07, 6.45) is 4.00. The first-order valence-electron chi connectivity index (χ1n) is 5.67. The summed E-state index contributed by atoms with van der Waals surface area (Å²) in [5.74, 6) is -1.26. The first kappa shape index (κ1) is 13.5. The number of carboxylic acids is 1. The lowest BCUT2D eigenvalue weighted by Gasteiger charge is -2.25. The van der Waals surface area contributed by atoms with Crippen molar-refractivity contribution in [1.82, 2.24) is 5.32 Å². The van der Waals surface area contributed by atoms with Gasteiger partial charge in [-0.15, -0.1) is 0 Å². The summed E-state index contributed by atoms with van der Waals surface area (Å²) in [7, 11) is 0. The molecular formula is C12H19NO4. The van der Waals surface area contributed by atoms with E-state index in [1.54, 1.807) is 26.8 Å². The van der Waals surface area contributed by atoms with Gasteiger partial charge in [0.25, 0.3) is 0 Å². The molecule has 0 aromatic rings. The Labute approximate surface area is 101 Å². The third kappa shape index (κ3) is 4.89. The molecule has 2 atom stereocenters. The molecule has 1 aliphatic rings. The van der Waals surface area contributed by atoms with E-state index in [-0.39, 0.29) is 6.04 Å². The van der Waals surface area contributed by atoms with Crippen molar-refractivity contribution in [2.75, 3.05) is 0 Å². The van der Waals surface area contributed by atoms with Crippen molar-refractivity contribution in [3.8, 4) is 0 Å². The number of rotatable bonds is 2. The monoisotopic (exact) mass is 241 g/mol. The second-order valence-corrected chi connectivity index (χ2v) is 5.19. The number of allylic oxidation sites excluding steroid dienone is 1. The van der Waals surface area contributed by atoms with Gasteiger partial charge < -0.3 is 15.2 Å². The van der Waals surface area contributed by atoms with Gasteiger partial charge in [0.1, 0.15) is 5.60 Å². The Morgan fingerprint density at radius 1 is 1.41 bits per heavy atom. The van der Waals surface area contributed by atoms with Crippen LogP contribution in [-0.4, -0.2) is 28.8 Å². The average molecular weight is 241 g/mol. The van der Waals surface area contributed by atoms with Gasteiger partial charge in [-0.05, 0) is 33.6 Å². The van der Waals surface area contributed by atoms with Gasteiger partial charge in [-0.3, -0.25) is 4.79 Å². The number of carbonyl (C=O) groups is 2. The summed E-state index contributed by atoms with van der Waals surface area (Å²) in [5, 5.41) is 11.5. The van der Waals surface area contributed by atoms with Crippen molar-refractivity contribution >= 4 is 12.1 Å². The van der Waals surface area contributed by atoms with Crippen molar-refractivity contribution in [1.29, 1.82) is 0 Å². The Morgan fingerprint density at radius 3 is 2.59 bits per heavy atom. The highest BCUT2D eigenvalue weighted by Gasteiger charge is 2.26. The van der Waals surface area contributed by atoms with Crippen LogP contribution in [0.3, 0.4) is 0 Å². The molecule has 0 heterocycles. The zero-order chi connectivity index (χ0) is 13.1. The van der Waals surface area contributed by atoms with Crippen molar-refractivity contribution < 1.29 is 19.4 Å². The van der Waals surface area contributed by atoms with Crippen LogP contribution in [0.2, 0.25) is 0 Å². The van der Waals surface area contributed by atoms with Crippen LogP contribution in [0.5, 0.6) is 0 Å². The van der Waals surface area contributed by atoms with Crippen molar-refractivity contribution in [3.63, 3.8) is 0 Å². The lowest BCUT2D eigenvalue weighted by Crippen LogP contribution is -2.40. The fraction of sp³-hybridized carbons (Fsp3) is 0.667. The van der Waals surface area contributed by atoms with Crippen molar-refractivity contribution in [2.45, 2.75) is 45.3 Å². The second kappa shape index (κ2) is 5.21. The highest BCUT2D eigenvalue weighted by molar-refractivity contribution is 5.71. The van der Waals surface area contributed by atoms with E-state index in [2.05, 4.69) is 5.32 Å². The molecule has 1 aliphatic carbocycles. The molecule has 0 radical (unpaired) electrons. The molecule has 0 aromatic carbocycles. The van der Waals surface area contributed by atoms with Gasteiger partial charge in [-0.1, -0.05) is 12.2 Å². The van der Waals surface area contributed by atoms with E-state index in [1.165, 1.54) is 0 Å². The summed E-state index contributed by atoms with van der Waals surface area (Å²) in [6, 6.07) is -0.264. The smallest absolute Gasteiger partial charge is 0.408 e. The predicted octanol–water partition coefficient (Wildman–Crippen LogP) is 1.93. The quantitative estimate of drug-likeness (QED) is 0.724. The SMILES string of the molecule is CC(C)(C)OC(=O)N[C@@H]1C=CC[C@H](C(=O)O)C1. The normalized spacial score (nSPS) is 24.2. The molecule has 17 heavy (non-hydrogen) atoms. The molecule has 0 spiro atoms. The molecule has 0 saturated carbocycles. The maximum absolute atomic E-state index is 11.5. The van der Waals surface area contributed by atoms with Crippen LogP contribution in [0.4, 0.5) is 4.79 Å². The molecule has 96 valence electrons. The zero-order valence-corrected chi connectivity index (χ0v) is 10.4. The predicted molar refractivity (Wildman–Crippen MR) is 62.7 cm³/mol. The molecule has 0 unspecified atom stereocenters. The fourth-order valence-corrected chi connectivity index (χ4v) is 1.66. The number of carboxylic acid groups (broad SMARTS) is 1. The van der Waals surface area contributed by atoms with E-state index >= 15 is 0 Å². The number of ether oxygens (including phenoxy) is 1. The first-order chi connectivity index (χ1) is 7.78. The summed E-state index contributed by atoms with van der Waals surface area (Å²) in [4.78, 5) is 22.3. The molecule has 0 aliphatic heterocycles. The van der Waals surface area contributed by atoms with E-state index in [0.29, 0.717) is 12.8 Å². The Kier molecular flexibility index (Phi) is 4.15. The molecular weight excluding hydrogens is 222 g/mol. The molecule has 0 saturated heterocycles. The highest BCUT2D eigenvalue weighted by Crippen LogP contribution is 2.19. The van der Waals surface area contributed by atoms with Crippen LogP contribution < -0.4 is 5.32 Å². The van der Waals surface area contributed by atoms with Gasteiger partial charge in [0.15, 0.2) is 0 Å². The minimum absolute atomic E-state index is 0.264. The van der Waals surface area contributed by atoms with Gasteiger partial charge in [-0.2, -0.15) is 0 Å². The molecule has 0 aromatic heterocycles. The van der Waals surface area contributed by atoms with Crippen LogP contribution in [0.25, 0.3) is 0 Å². The largest absolute Gasteiger partial charge is 0.481 e. The van der Waals surface area contributed by atoms with Crippen molar-refractivity contribution in [2.24, 2.45) is 5.92 Å². The molecule has 5 nitrogen and oxygen atoms in total. The lowest BCUT2D eigenvalue weighted by atomic mass is 9.91. The lowest BCUT2D eigenvalue weighted by molar-refractivity contribution is -0.142. The minimum Gasteiger partial charge on any atom is -0.481 e. The third-order valence-corrected chi connectivity index (χ3v) is 2.38. The zero-order valence-electron chi connectivity index (χ0n) is 10.4. The number of carbonyl (C=O) groups excluding carboxylic acids is 1. The molecule has 2 N–H and O–H groups in total. The number of amides is 1. The number of hydrogen-bond acceptors (Lipinski definition) is 3. The Bertz CT molecular complexity index is 330. The van der Waals surface area contributed by atoms with Gasteiger partial charge >= 0.3 is 12.1 Å². The Balaban J connectivity index is 2.47. The Morgan fingerprint density at radius 2 is 2.06 bits per heavy atom. The van der Waals surface area contributed by atoms with E-state index in [9.17, 15) is 9.59 Å². The number of aliphatic carboxylic acids is 1. The minimum atomic E-state index is -0.828. The fourth-order valence-electron chi connectivity index (χ4n) is 1.66. The van der Waals surface area contributed by atoms with Gasteiger partial charge in [0.05, 0.1) is 12.0 Å². The number of alkyl carbamates (subject to hydrolysis) is 1. The standard InChI is InChI=1S/C12H19NO4/c1-12(2,3)17-11(16)13-9-6-4-5-8(7-9)10(14)15/h4,6,8-9H,5,7H2,1-3H3,(H,13,16)(H,14,15)/t8-,9+/m0/s1. The molecule has 1 rings (SSSR count). The van der Waals surface area contributed by atoms with Crippen LogP contribution in [-0.2, 0) is 9.53 Å². The van der Waals surface area contributed by atoms with Gasteiger partial charge in [0, 0.05) is 0 Å². The average Bonchev–Trinajstić information content (AvgIpc) is 2.14. The number of nitrogens with one attached hydrogen (secondary N) is 1. The Hall–Kier alpha value is -1.52. The van der Waals surface area contributed by atoms with E-state index in [0.717, 1.165) is 0 Å². The molecule has 0 bridgehead atoms. The van der Waals surface area contributed by atoms with Crippen LogP contribution in [0, 0.1) is 5.92 Å².